The lowest BCUT2D eigenvalue weighted by atomic mass is 10.0. The summed E-state index contributed by atoms with van der Waals surface area (Å²) < 4.78 is 0. The molecule has 1 fully saturated rings. The SMILES string of the molecule is CC(CCC1CC1C)C(=O)O. The van der Waals surface area contributed by atoms with Crippen molar-refractivity contribution in [3.63, 3.8) is 0 Å². The van der Waals surface area contributed by atoms with Crippen LogP contribution >= 0.6 is 0 Å². The molecule has 0 aliphatic heterocycles. The number of hydrogen-bond acceptors (Lipinski definition) is 1. The molecule has 0 heterocycles. The van der Waals surface area contributed by atoms with Gasteiger partial charge in [-0.05, 0) is 31.1 Å². The molecule has 0 spiro atoms. The molecular formula is C9H16O2. The summed E-state index contributed by atoms with van der Waals surface area (Å²) in [5.74, 6) is 0.883. The summed E-state index contributed by atoms with van der Waals surface area (Å²) in [5.41, 5.74) is 0. The summed E-state index contributed by atoms with van der Waals surface area (Å²) in [6.07, 6.45) is 3.27. The number of rotatable bonds is 4. The highest BCUT2D eigenvalue weighted by Crippen LogP contribution is 2.41. The molecule has 2 heteroatoms. The molecule has 1 rings (SSSR count). The highest BCUT2D eigenvalue weighted by Gasteiger charge is 2.32. The van der Waals surface area contributed by atoms with Crippen molar-refractivity contribution in [2.75, 3.05) is 0 Å². The second-order valence-electron chi connectivity index (χ2n) is 3.79. The van der Waals surface area contributed by atoms with E-state index in [-0.39, 0.29) is 5.92 Å². The second kappa shape index (κ2) is 3.24. The Morgan fingerprint density at radius 2 is 2.27 bits per heavy atom. The van der Waals surface area contributed by atoms with Gasteiger partial charge in [-0.25, -0.2) is 0 Å². The van der Waals surface area contributed by atoms with Crippen LogP contribution in [0.15, 0.2) is 0 Å². The standard InChI is InChI=1S/C9H16O2/c1-6(9(10)11)3-4-8-5-7(8)2/h6-8H,3-5H2,1-2H3,(H,10,11). The average molecular weight is 156 g/mol. The monoisotopic (exact) mass is 156 g/mol. The molecule has 0 amide bonds. The van der Waals surface area contributed by atoms with Gasteiger partial charge in [-0.3, -0.25) is 4.79 Å². The maximum atomic E-state index is 10.4. The van der Waals surface area contributed by atoms with Crippen LogP contribution in [-0.4, -0.2) is 11.1 Å². The van der Waals surface area contributed by atoms with Gasteiger partial charge in [0.15, 0.2) is 0 Å². The summed E-state index contributed by atoms with van der Waals surface area (Å²) in [6.45, 7) is 4.02. The first kappa shape index (κ1) is 8.57. The number of hydrogen-bond donors (Lipinski definition) is 1. The molecule has 0 bridgehead atoms. The number of aliphatic carboxylic acids is 1. The molecule has 1 N–H and O–H groups in total. The Labute approximate surface area is 67.6 Å². The predicted octanol–water partition coefficient (Wildman–Crippen LogP) is 2.14. The Hall–Kier alpha value is -0.530. The number of carboxylic acid groups (broad SMARTS) is 1. The van der Waals surface area contributed by atoms with Gasteiger partial charge in [0.2, 0.25) is 0 Å². The fourth-order valence-corrected chi connectivity index (χ4v) is 1.39. The van der Waals surface area contributed by atoms with Crippen LogP contribution < -0.4 is 0 Å². The quantitative estimate of drug-likeness (QED) is 0.677. The first-order valence-corrected chi connectivity index (χ1v) is 4.34. The topological polar surface area (TPSA) is 37.3 Å². The molecular weight excluding hydrogens is 140 g/mol. The smallest absolute Gasteiger partial charge is 0.306 e. The molecule has 0 saturated heterocycles. The maximum absolute atomic E-state index is 10.4. The Kier molecular flexibility index (Phi) is 2.53. The molecule has 1 saturated carbocycles. The van der Waals surface area contributed by atoms with Crippen molar-refractivity contribution < 1.29 is 9.90 Å². The number of carboxylic acids is 1. The highest BCUT2D eigenvalue weighted by atomic mass is 16.4. The van der Waals surface area contributed by atoms with E-state index < -0.39 is 5.97 Å². The van der Waals surface area contributed by atoms with Crippen molar-refractivity contribution in [1.82, 2.24) is 0 Å². The van der Waals surface area contributed by atoms with E-state index in [1.54, 1.807) is 6.92 Å². The number of carbonyl (C=O) groups is 1. The van der Waals surface area contributed by atoms with Crippen LogP contribution in [0.5, 0.6) is 0 Å². The average Bonchev–Trinajstić information content (AvgIpc) is 2.61. The van der Waals surface area contributed by atoms with Crippen molar-refractivity contribution in [3.05, 3.63) is 0 Å². The van der Waals surface area contributed by atoms with E-state index in [9.17, 15) is 4.79 Å². The van der Waals surface area contributed by atoms with Crippen LogP contribution in [0.3, 0.4) is 0 Å². The normalized spacial score (nSPS) is 31.5. The Bertz CT molecular complexity index is 154. The lowest BCUT2D eigenvalue weighted by Crippen LogP contribution is -2.09. The largest absolute Gasteiger partial charge is 0.481 e. The van der Waals surface area contributed by atoms with E-state index >= 15 is 0 Å². The van der Waals surface area contributed by atoms with E-state index in [4.69, 9.17) is 5.11 Å². The van der Waals surface area contributed by atoms with Crippen molar-refractivity contribution >= 4 is 5.97 Å². The minimum atomic E-state index is -0.654. The molecule has 0 radical (unpaired) electrons. The Morgan fingerprint density at radius 1 is 1.73 bits per heavy atom. The molecule has 11 heavy (non-hydrogen) atoms. The van der Waals surface area contributed by atoms with Crippen molar-refractivity contribution in [3.8, 4) is 0 Å². The van der Waals surface area contributed by atoms with Crippen LogP contribution in [0.25, 0.3) is 0 Å². The Morgan fingerprint density at radius 3 is 2.64 bits per heavy atom. The van der Waals surface area contributed by atoms with Crippen molar-refractivity contribution in [2.45, 2.75) is 33.1 Å². The van der Waals surface area contributed by atoms with E-state index in [1.807, 2.05) is 0 Å². The van der Waals surface area contributed by atoms with Gasteiger partial charge in [-0.15, -0.1) is 0 Å². The molecule has 0 aromatic carbocycles. The van der Waals surface area contributed by atoms with E-state index in [1.165, 1.54) is 6.42 Å². The van der Waals surface area contributed by atoms with Gasteiger partial charge in [0, 0.05) is 0 Å². The molecule has 64 valence electrons. The molecule has 2 nitrogen and oxygen atoms in total. The summed E-state index contributed by atoms with van der Waals surface area (Å²) in [4.78, 5) is 10.4. The van der Waals surface area contributed by atoms with Crippen LogP contribution in [0, 0.1) is 17.8 Å². The van der Waals surface area contributed by atoms with Crippen molar-refractivity contribution in [2.24, 2.45) is 17.8 Å². The third-order valence-electron chi connectivity index (χ3n) is 2.67. The second-order valence-corrected chi connectivity index (χ2v) is 3.79. The lowest BCUT2D eigenvalue weighted by Gasteiger charge is -2.03. The molecule has 3 unspecified atom stereocenters. The molecule has 1 aliphatic carbocycles. The summed E-state index contributed by atoms with van der Waals surface area (Å²) >= 11 is 0. The predicted molar refractivity (Wildman–Crippen MR) is 43.3 cm³/mol. The fraction of sp³-hybridized carbons (Fsp3) is 0.889. The van der Waals surface area contributed by atoms with Gasteiger partial charge in [-0.1, -0.05) is 13.8 Å². The first-order valence-electron chi connectivity index (χ1n) is 4.34. The first-order chi connectivity index (χ1) is 5.11. The minimum absolute atomic E-state index is 0.150. The zero-order chi connectivity index (χ0) is 8.43. The van der Waals surface area contributed by atoms with Crippen LogP contribution in [0.2, 0.25) is 0 Å². The van der Waals surface area contributed by atoms with Crippen LogP contribution in [0.4, 0.5) is 0 Å². The maximum Gasteiger partial charge on any atom is 0.306 e. The highest BCUT2D eigenvalue weighted by molar-refractivity contribution is 5.69. The fourth-order valence-electron chi connectivity index (χ4n) is 1.39. The van der Waals surface area contributed by atoms with Crippen LogP contribution in [0.1, 0.15) is 33.1 Å². The zero-order valence-corrected chi connectivity index (χ0v) is 7.21. The van der Waals surface area contributed by atoms with Gasteiger partial charge in [0.25, 0.3) is 0 Å². The molecule has 3 atom stereocenters. The molecule has 0 aromatic rings. The molecule has 1 aliphatic rings. The van der Waals surface area contributed by atoms with E-state index in [0.717, 1.165) is 24.7 Å². The van der Waals surface area contributed by atoms with Gasteiger partial charge >= 0.3 is 5.97 Å². The third kappa shape index (κ3) is 2.52. The van der Waals surface area contributed by atoms with E-state index in [2.05, 4.69) is 6.92 Å². The Balaban J connectivity index is 2.07. The van der Waals surface area contributed by atoms with Gasteiger partial charge in [-0.2, -0.15) is 0 Å². The van der Waals surface area contributed by atoms with Gasteiger partial charge in [0.05, 0.1) is 5.92 Å². The van der Waals surface area contributed by atoms with Gasteiger partial charge < -0.3 is 5.11 Å². The molecule has 0 aromatic heterocycles. The zero-order valence-electron chi connectivity index (χ0n) is 7.21. The summed E-state index contributed by atoms with van der Waals surface area (Å²) in [5, 5.41) is 8.58. The van der Waals surface area contributed by atoms with E-state index in [0.29, 0.717) is 0 Å². The summed E-state index contributed by atoms with van der Waals surface area (Å²) in [7, 11) is 0. The van der Waals surface area contributed by atoms with Crippen LogP contribution in [-0.2, 0) is 4.79 Å². The minimum Gasteiger partial charge on any atom is -0.481 e. The van der Waals surface area contributed by atoms with Crippen molar-refractivity contribution in [1.29, 1.82) is 0 Å². The summed E-state index contributed by atoms with van der Waals surface area (Å²) in [6, 6.07) is 0. The third-order valence-corrected chi connectivity index (χ3v) is 2.67. The lowest BCUT2D eigenvalue weighted by molar-refractivity contribution is -0.141. The van der Waals surface area contributed by atoms with Gasteiger partial charge in [0.1, 0.15) is 0 Å².